The van der Waals surface area contributed by atoms with Gasteiger partial charge in [0.25, 0.3) is 5.91 Å². The first-order chi connectivity index (χ1) is 15.0. The van der Waals surface area contributed by atoms with Crippen molar-refractivity contribution >= 4 is 22.4 Å². The Morgan fingerprint density at radius 3 is 2.84 bits per heavy atom. The molecule has 1 N–H and O–H groups in total. The van der Waals surface area contributed by atoms with Crippen LogP contribution in [0, 0.1) is 6.92 Å². The molecule has 1 aromatic heterocycles. The molecule has 4 heterocycles. The summed E-state index contributed by atoms with van der Waals surface area (Å²) in [6.07, 6.45) is 15.7. The summed E-state index contributed by atoms with van der Waals surface area (Å²) in [6, 6.07) is 4.66. The molecule has 1 amide bonds. The highest BCUT2D eigenvalue weighted by molar-refractivity contribution is 6.01. The van der Waals surface area contributed by atoms with Gasteiger partial charge in [-0.2, -0.15) is 5.10 Å². The third-order valence-electron chi connectivity index (χ3n) is 6.11. The lowest BCUT2D eigenvalue weighted by atomic mass is 9.99. The van der Waals surface area contributed by atoms with Gasteiger partial charge in [0.1, 0.15) is 0 Å². The van der Waals surface area contributed by atoms with Crippen molar-refractivity contribution in [1.29, 1.82) is 0 Å². The predicted molar refractivity (Wildman–Crippen MR) is 124 cm³/mol. The van der Waals surface area contributed by atoms with Crippen LogP contribution in [0.3, 0.4) is 0 Å². The van der Waals surface area contributed by atoms with Gasteiger partial charge >= 0.3 is 0 Å². The molecule has 0 saturated carbocycles. The standard InChI is InChI=1S/C25H27N5O/c1-17-11-20(12-21-14-27-28(3)25(17)21)19-5-4-6-22-7-8-23(16-30(22)24(31)13-19)29-10-9-26-18(2)15-29/h4-8,11-14,16,18,26H,9-10,15H2,1-3H3/b5-4?,19-13?,22-6+/t18-/m0/s1. The second kappa shape index (κ2) is 7.71. The van der Waals surface area contributed by atoms with Crippen molar-refractivity contribution in [2.75, 3.05) is 19.6 Å². The fourth-order valence-corrected chi connectivity index (χ4v) is 4.58. The van der Waals surface area contributed by atoms with E-state index in [4.69, 9.17) is 0 Å². The van der Waals surface area contributed by atoms with Crippen molar-refractivity contribution in [1.82, 2.24) is 24.9 Å². The smallest absolute Gasteiger partial charge is 0.255 e. The fraction of sp³-hybridized carbons (Fsp3) is 0.280. The Hall–Kier alpha value is -3.38. The number of nitrogens with zero attached hydrogens (tertiary/aromatic N) is 4. The second-order valence-corrected chi connectivity index (χ2v) is 8.45. The number of hydrogen-bond acceptors (Lipinski definition) is 4. The summed E-state index contributed by atoms with van der Waals surface area (Å²) in [5.41, 5.74) is 6.13. The molecule has 0 unspecified atom stereocenters. The molecule has 6 nitrogen and oxygen atoms in total. The molecule has 0 aliphatic carbocycles. The number of rotatable bonds is 2. The van der Waals surface area contributed by atoms with E-state index < -0.39 is 0 Å². The predicted octanol–water partition coefficient (Wildman–Crippen LogP) is 3.25. The molecule has 2 aromatic rings. The summed E-state index contributed by atoms with van der Waals surface area (Å²) < 4.78 is 1.89. The van der Waals surface area contributed by atoms with Crippen molar-refractivity contribution in [3.8, 4) is 0 Å². The molecule has 0 bridgehead atoms. The zero-order chi connectivity index (χ0) is 21.5. The molecule has 3 aliphatic rings. The number of aromatic nitrogens is 2. The van der Waals surface area contributed by atoms with Gasteiger partial charge in [-0.25, -0.2) is 0 Å². The van der Waals surface area contributed by atoms with Gasteiger partial charge in [0.15, 0.2) is 0 Å². The normalized spacial score (nSPS) is 23.1. The summed E-state index contributed by atoms with van der Waals surface area (Å²) in [6.45, 7) is 7.09. The van der Waals surface area contributed by atoms with E-state index in [1.165, 1.54) is 0 Å². The number of fused-ring (bicyclic) bond motifs is 2. The van der Waals surface area contributed by atoms with Crippen LogP contribution in [0.4, 0.5) is 0 Å². The first kappa shape index (κ1) is 19.6. The minimum absolute atomic E-state index is 0.0421. The summed E-state index contributed by atoms with van der Waals surface area (Å²) in [7, 11) is 1.95. The van der Waals surface area contributed by atoms with Gasteiger partial charge < -0.3 is 10.2 Å². The molecule has 0 spiro atoms. The molecule has 31 heavy (non-hydrogen) atoms. The average molecular weight is 414 g/mol. The van der Waals surface area contributed by atoms with E-state index >= 15 is 0 Å². The van der Waals surface area contributed by atoms with Gasteiger partial charge in [0, 0.05) is 56.1 Å². The molecule has 5 rings (SSSR count). The van der Waals surface area contributed by atoms with Gasteiger partial charge in [0.2, 0.25) is 0 Å². The first-order valence-corrected chi connectivity index (χ1v) is 10.7. The maximum atomic E-state index is 13.3. The average Bonchev–Trinajstić information content (AvgIpc) is 3.13. The van der Waals surface area contributed by atoms with E-state index in [-0.39, 0.29) is 5.91 Å². The molecule has 3 aliphatic heterocycles. The van der Waals surface area contributed by atoms with Crippen LogP contribution in [0.2, 0.25) is 0 Å². The van der Waals surface area contributed by atoms with E-state index in [2.05, 4.69) is 47.4 Å². The molecule has 1 atom stereocenters. The van der Waals surface area contributed by atoms with E-state index in [1.807, 2.05) is 48.4 Å². The van der Waals surface area contributed by atoms with Crippen molar-refractivity contribution in [3.05, 3.63) is 83.5 Å². The minimum atomic E-state index is -0.0421. The molecule has 1 aromatic carbocycles. The number of aryl methyl sites for hydroxylation is 2. The fourth-order valence-electron chi connectivity index (χ4n) is 4.58. The van der Waals surface area contributed by atoms with Crippen LogP contribution < -0.4 is 5.32 Å². The van der Waals surface area contributed by atoms with Crippen LogP contribution in [-0.2, 0) is 11.8 Å². The molecule has 6 heteroatoms. The van der Waals surface area contributed by atoms with Crippen LogP contribution in [0.1, 0.15) is 18.1 Å². The van der Waals surface area contributed by atoms with E-state index in [0.717, 1.165) is 58.6 Å². The highest BCUT2D eigenvalue weighted by Gasteiger charge is 2.23. The van der Waals surface area contributed by atoms with Gasteiger partial charge in [0.05, 0.1) is 17.4 Å². The van der Waals surface area contributed by atoms with Crippen molar-refractivity contribution in [2.45, 2.75) is 19.9 Å². The van der Waals surface area contributed by atoms with E-state index in [0.29, 0.717) is 6.04 Å². The first-order valence-electron chi connectivity index (χ1n) is 10.7. The van der Waals surface area contributed by atoms with Gasteiger partial charge in [-0.3, -0.25) is 14.4 Å². The van der Waals surface area contributed by atoms with Crippen LogP contribution in [-0.4, -0.2) is 51.2 Å². The van der Waals surface area contributed by atoms with Gasteiger partial charge in [-0.15, -0.1) is 0 Å². The molecular weight excluding hydrogens is 386 g/mol. The highest BCUT2D eigenvalue weighted by atomic mass is 16.2. The molecule has 0 radical (unpaired) electrons. The number of nitrogens with one attached hydrogen (secondary N) is 1. The van der Waals surface area contributed by atoms with E-state index in [1.54, 1.807) is 11.0 Å². The summed E-state index contributed by atoms with van der Waals surface area (Å²) in [5, 5.41) is 8.92. The zero-order valence-electron chi connectivity index (χ0n) is 18.2. The minimum Gasteiger partial charge on any atom is -0.368 e. The molecule has 1 saturated heterocycles. The highest BCUT2D eigenvalue weighted by Crippen LogP contribution is 2.28. The topological polar surface area (TPSA) is 53.4 Å². The Morgan fingerprint density at radius 2 is 2.00 bits per heavy atom. The number of benzene rings is 1. The van der Waals surface area contributed by atoms with Crippen molar-refractivity contribution in [2.24, 2.45) is 7.05 Å². The van der Waals surface area contributed by atoms with Gasteiger partial charge in [-0.1, -0.05) is 12.2 Å². The molecule has 158 valence electrons. The Morgan fingerprint density at radius 1 is 1.16 bits per heavy atom. The number of allylic oxidation sites excluding steroid dienone is 6. The van der Waals surface area contributed by atoms with Crippen LogP contribution >= 0.6 is 0 Å². The number of piperazine rings is 1. The largest absolute Gasteiger partial charge is 0.368 e. The lowest BCUT2D eigenvalue weighted by Gasteiger charge is -2.36. The lowest BCUT2D eigenvalue weighted by molar-refractivity contribution is -0.122. The number of carbonyl (C=O) groups is 1. The third kappa shape index (κ3) is 3.64. The molecule has 1 fully saturated rings. The second-order valence-electron chi connectivity index (χ2n) is 8.45. The van der Waals surface area contributed by atoms with Gasteiger partial charge in [-0.05, 0) is 60.9 Å². The SMILES string of the molecule is Cc1cc(C2=CC(=O)N3C=C(N4CCN[C@@H](C)C4)C=C/C3=C\C=C2)cc2cnn(C)c12. The number of hydrogen-bond donors (Lipinski definition) is 1. The Bertz CT molecular complexity index is 1210. The van der Waals surface area contributed by atoms with Crippen LogP contribution in [0.25, 0.3) is 16.5 Å². The Kier molecular flexibility index (Phi) is 4.87. The van der Waals surface area contributed by atoms with Crippen molar-refractivity contribution < 1.29 is 4.79 Å². The molecular formula is C25H27N5O. The maximum absolute atomic E-state index is 13.3. The van der Waals surface area contributed by atoms with Crippen molar-refractivity contribution in [3.63, 3.8) is 0 Å². The number of carbonyl (C=O) groups excluding carboxylic acids is 1. The zero-order valence-corrected chi connectivity index (χ0v) is 18.2. The summed E-state index contributed by atoms with van der Waals surface area (Å²) in [5.74, 6) is -0.0421. The Labute approximate surface area is 182 Å². The van der Waals surface area contributed by atoms with Crippen LogP contribution in [0.15, 0.2) is 72.4 Å². The Balaban J connectivity index is 1.50. The van der Waals surface area contributed by atoms with Crippen LogP contribution in [0.5, 0.6) is 0 Å². The summed E-state index contributed by atoms with van der Waals surface area (Å²) >= 11 is 0. The lowest BCUT2D eigenvalue weighted by Crippen LogP contribution is -2.48. The van der Waals surface area contributed by atoms with E-state index in [9.17, 15) is 4.79 Å². The maximum Gasteiger partial charge on any atom is 0.255 e. The number of amides is 1. The monoisotopic (exact) mass is 413 g/mol. The quantitative estimate of drug-likeness (QED) is 0.821. The third-order valence-corrected chi connectivity index (χ3v) is 6.11. The summed E-state index contributed by atoms with van der Waals surface area (Å²) in [4.78, 5) is 17.4.